The highest BCUT2D eigenvalue weighted by Crippen LogP contribution is 2.13. The van der Waals surface area contributed by atoms with E-state index in [0.717, 1.165) is 27.0 Å². The van der Waals surface area contributed by atoms with Crippen LogP contribution in [0.25, 0.3) is 11.0 Å². The second-order valence-corrected chi connectivity index (χ2v) is 7.50. The summed E-state index contributed by atoms with van der Waals surface area (Å²) in [5.74, 6) is 0. The standard InChI is InChI=1S/C20H14N4O4S/c1-12-5-7-13(8-6-12)10-16-18(25)21-20-23(22-16)19(26)17(29-20)11-14-3-2-4-15(9-14)24(27)28/h2-9,11H,10H2,1H3. The first kappa shape index (κ1) is 18.6. The Kier molecular flexibility index (Phi) is 4.73. The highest BCUT2D eigenvalue weighted by Gasteiger charge is 2.12. The monoisotopic (exact) mass is 406 g/mol. The van der Waals surface area contributed by atoms with Gasteiger partial charge in [0.05, 0.1) is 9.46 Å². The predicted molar refractivity (Wildman–Crippen MR) is 109 cm³/mol. The number of nitro groups is 1. The van der Waals surface area contributed by atoms with Crippen LogP contribution in [0.1, 0.15) is 22.4 Å². The van der Waals surface area contributed by atoms with Crippen LogP contribution in [0.15, 0.2) is 58.1 Å². The molecule has 0 aliphatic carbocycles. The van der Waals surface area contributed by atoms with E-state index >= 15 is 0 Å². The Balaban J connectivity index is 1.79. The fourth-order valence-electron chi connectivity index (χ4n) is 2.83. The van der Waals surface area contributed by atoms with E-state index in [9.17, 15) is 19.7 Å². The van der Waals surface area contributed by atoms with Crippen LogP contribution in [0, 0.1) is 17.0 Å². The molecule has 0 bridgehead atoms. The molecule has 0 radical (unpaired) electrons. The fraction of sp³-hybridized carbons (Fsp3) is 0.100. The van der Waals surface area contributed by atoms with Gasteiger partial charge in [-0.25, -0.2) is 0 Å². The van der Waals surface area contributed by atoms with Crippen molar-refractivity contribution < 1.29 is 4.92 Å². The third-order valence-corrected chi connectivity index (χ3v) is 5.28. The lowest BCUT2D eigenvalue weighted by Gasteiger charge is -2.01. The van der Waals surface area contributed by atoms with Gasteiger partial charge >= 0.3 is 0 Å². The Labute approximate surface area is 167 Å². The molecular weight excluding hydrogens is 392 g/mol. The van der Waals surface area contributed by atoms with E-state index in [-0.39, 0.29) is 27.3 Å². The SMILES string of the molecule is Cc1ccc(Cc2nn3c(=O)c(=Cc4cccc([N+](=O)[O-])c4)sc3nc2=O)cc1. The third-order valence-electron chi connectivity index (χ3n) is 4.32. The average Bonchev–Trinajstić information content (AvgIpc) is 2.99. The van der Waals surface area contributed by atoms with E-state index in [1.165, 1.54) is 18.2 Å². The smallest absolute Gasteiger partial charge is 0.266 e. The zero-order chi connectivity index (χ0) is 20.5. The van der Waals surface area contributed by atoms with Crippen LogP contribution >= 0.6 is 11.3 Å². The number of hydrogen-bond acceptors (Lipinski definition) is 7. The lowest BCUT2D eigenvalue weighted by Crippen LogP contribution is -2.28. The molecule has 0 N–H and O–H groups in total. The van der Waals surface area contributed by atoms with Crippen LogP contribution in [0.2, 0.25) is 0 Å². The molecule has 2 heterocycles. The molecule has 0 amide bonds. The first-order valence-corrected chi connectivity index (χ1v) is 9.47. The second kappa shape index (κ2) is 7.36. The average molecular weight is 406 g/mol. The number of non-ortho nitro benzene ring substituents is 1. The molecule has 0 fully saturated rings. The van der Waals surface area contributed by atoms with Gasteiger partial charge in [0.2, 0.25) is 4.96 Å². The van der Waals surface area contributed by atoms with Crippen LogP contribution in [-0.2, 0) is 6.42 Å². The zero-order valence-corrected chi connectivity index (χ0v) is 16.0. The summed E-state index contributed by atoms with van der Waals surface area (Å²) in [7, 11) is 0. The van der Waals surface area contributed by atoms with E-state index < -0.39 is 16.0 Å². The molecular formula is C20H14N4O4S. The Morgan fingerprint density at radius 3 is 2.66 bits per heavy atom. The lowest BCUT2D eigenvalue weighted by atomic mass is 10.1. The van der Waals surface area contributed by atoms with Crippen molar-refractivity contribution in [1.82, 2.24) is 14.6 Å². The van der Waals surface area contributed by atoms with Gasteiger partial charge in [-0.1, -0.05) is 53.3 Å². The summed E-state index contributed by atoms with van der Waals surface area (Å²) in [6, 6.07) is 13.6. The Bertz CT molecular complexity index is 1410. The highest BCUT2D eigenvalue weighted by atomic mass is 32.1. The van der Waals surface area contributed by atoms with Crippen LogP contribution in [-0.4, -0.2) is 19.5 Å². The van der Waals surface area contributed by atoms with E-state index in [1.807, 2.05) is 31.2 Å². The van der Waals surface area contributed by atoms with Gasteiger partial charge in [-0.2, -0.15) is 14.6 Å². The quantitative estimate of drug-likeness (QED) is 0.378. The van der Waals surface area contributed by atoms with Gasteiger partial charge < -0.3 is 0 Å². The van der Waals surface area contributed by atoms with Crippen molar-refractivity contribution in [3.8, 4) is 0 Å². The molecule has 8 nitrogen and oxygen atoms in total. The maximum Gasteiger partial charge on any atom is 0.296 e. The van der Waals surface area contributed by atoms with Gasteiger partial charge in [-0.05, 0) is 24.1 Å². The Morgan fingerprint density at radius 1 is 1.17 bits per heavy atom. The largest absolute Gasteiger partial charge is 0.296 e. The van der Waals surface area contributed by atoms with Crippen molar-refractivity contribution >= 4 is 28.1 Å². The summed E-state index contributed by atoms with van der Waals surface area (Å²) in [4.78, 5) is 39.7. The van der Waals surface area contributed by atoms with Crippen molar-refractivity contribution in [2.24, 2.45) is 0 Å². The van der Waals surface area contributed by atoms with Crippen molar-refractivity contribution in [3.63, 3.8) is 0 Å². The normalized spacial score (nSPS) is 11.8. The minimum Gasteiger partial charge on any atom is -0.266 e. The van der Waals surface area contributed by atoms with Gasteiger partial charge in [0, 0.05) is 18.6 Å². The number of aromatic nitrogens is 3. The summed E-state index contributed by atoms with van der Waals surface area (Å²) in [5, 5.41) is 15.1. The molecule has 2 aromatic heterocycles. The summed E-state index contributed by atoms with van der Waals surface area (Å²) in [6.45, 7) is 1.97. The number of nitrogens with zero attached hydrogens (tertiary/aromatic N) is 4. The van der Waals surface area contributed by atoms with E-state index in [0.29, 0.717) is 5.56 Å². The molecule has 0 saturated carbocycles. The van der Waals surface area contributed by atoms with Gasteiger partial charge in [0.25, 0.3) is 16.8 Å². The molecule has 29 heavy (non-hydrogen) atoms. The topological polar surface area (TPSA) is 107 Å². The molecule has 0 saturated heterocycles. The first-order chi connectivity index (χ1) is 13.9. The molecule has 4 aromatic rings. The molecule has 4 rings (SSSR count). The molecule has 0 atom stereocenters. The van der Waals surface area contributed by atoms with E-state index in [4.69, 9.17) is 0 Å². The van der Waals surface area contributed by atoms with Crippen molar-refractivity contribution in [2.45, 2.75) is 13.3 Å². The van der Waals surface area contributed by atoms with Crippen LogP contribution in [0.4, 0.5) is 5.69 Å². The Morgan fingerprint density at radius 2 is 1.93 bits per heavy atom. The summed E-state index contributed by atoms with van der Waals surface area (Å²) in [6.07, 6.45) is 1.80. The van der Waals surface area contributed by atoms with Gasteiger partial charge in [-0.15, -0.1) is 0 Å². The van der Waals surface area contributed by atoms with E-state index in [1.54, 1.807) is 12.1 Å². The molecule has 0 spiro atoms. The maximum absolute atomic E-state index is 12.7. The van der Waals surface area contributed by atoms with Crippen LogP contribution in [0.3, 0.4) is 0 Å². The molecule has 0 unspecified atom stereocenters. The van der Waals surface area contributed by atoms with Crippen molar-refractivity contribution in [1.29, 1.82) is 0 Å². The third kappa shape index (κ3) is 3.81. The number of hydrogen-bond donors (Lipinski definition) is 0. The molecule has 0 aliphatic rings. The molecule has 144 valence electrons. The number of nitro benzene ring substituents is 1. The lowest BCUT2D eigenvalue weighted by molar-refractivity contribution is -0.384. The minimum absolute atomic E-state index is 0.0709. The second-order valence-electron chi connectivity index (χ2n) is 6.49. The predicted octanol–water partition coefficient (Wildman–Crippen LogP) is 1.87. The Hall–Kier alpha value is -3.72. The summed E-state index contributed by atoms with van der Waals surface area (Å²) < 4.78 is 1.40. The molecule has 9 heteroatoms. The molecule has 2 aromatic carbocycles. The number of aryl methyl sites for hydroxylation is 1. The maximum atomic E-state index is 12.7. The van der Waals surface area contributed by atoms with Crippen LogP contribution < -0.4 is 15.7 Å². The number of rotatable bonds is 4. The number of benzene rings is 2. The van der Waals surface area contributed by atoms with Gasteiger partial charge in [0.15, 0.2) is 0 Å². The number of thiazole rings is 1. The highest BCUT2D eigenvalue weighted by molar-refractivity contribution is 7.15. The van der Waals surface area contributed by atoms with Gasteiger partial charge in [-0.3, -0.25) is 19.7 Å². The first-order valence-electron chi connectivity index (χ1n) is 8.65. The zero-order valence-electron chi connectivity index (χ0n) is 15.2. The van der Waals surface area contributed by atoms with Crippen molar-refractivity contribution in [2.75, 3.05) is 0 Å². The fourth-order valence-corrected chi connectivity index (χ4v) is 3.73. The van der Waals surface area contributed by atoms with Gasteiger partial charge in [0.1, 0.15) is 5.69 Å². The number of fused-ring (bicyclic) bond motifs is 1. The molecule has 0 aliphatic heterocycles. The van der Waals surface area contributed by atoms with E-state index in [2.05, 4.69) is 10.1 Å². The summed E-state index contributed by atoms with van der Waals surface area (Å²) in [5.41, 5.74) is 1.72. The summed E-state index contributed by atoms with van der Waals surface area (Å²) >= 11 is 1.02. The van der Waals surface area contributed by atoms with Crippen molar-refractivity contribution in [3.05, 3.63) is 106 Å². The van der Waals surface area contributed by atoms with Crippen LogP contribution in [0.5, 0.6) is 0 Å². The minimum atomic E-state index is -0.501.